The van der Waals surface area contributed by atoms with Crippen molar-refractivity contribution in [3.63, 3.8) is 0 Å². The van der Waals surface area contributed by atoms with Crippen molar-refractivity contribution < 1.29 is 14.6 Å². The zero-order valence-corrected chi connectivity index (χ0v) is 13.3. The molecule has 0 unspecified atom stereocenters. The lowest BCUT2D eigenvalue weighted by Gasteiger charge is -2.09. The van der Waals surface area contributed by atoms with E-state index in [2.05, 4.69) is 21.2 Å². The molecule has 0 spiro atoms. The first-order valence-electron chi connectivity index (χ1n) is 6.21. The van der Waals surface area contributed by atoms with Crippen LogP contribution in [0.15, 0.2) is 46.9 Å². The van der Waals surface area contributed by atoms with Gasteiger partial charge in [0.2, 0.25) is 0 Å². The van der Waals surface area contributed by atoms with E-state index in [-0.39, 0.29) is 5.56 Å². The molecule has 0 amide bonds. The quantitative estimate of drug-likeness (QED) is 0.745. The molecular formula is C15H13BrClNO3. The minimum atomic E-state index is -0.969. The van der Waals surface area contributed by atoms with Gasteiger partial charge in [0.05, 0.1) is 10.6 Å². The number of carbonyl (C=O) groups is 1. The maximum Gasteiger partial charge on any atom is 0.335 e. The van der Waals surface area contributed by atoms with E-state index in [1.165, 1.54) is 12.1 Å². The van der Waals surface area contributed by atoms with Gasteiger partial charge in [-0.3, -0.25) is 0 Å². The molecule has 0 bridgehead atoms. The average molecular weight is 371 g/mol. The number of hydrogen-bond donors (Lipinski definition) is 2. The normalized spacial score (nSPS) is 10.2. The highest BCUT2D eigenvalue weighted by Gasteiger charge is 2.03. The second-order valence-corrected chi connectivity index (χ2v) is 5.50. The number of halogens is 2. The van der Waals surface area contributed by atoms with E-state index in [0.29, 0.717) is 23.9 Å². The summed E-state index contributed by atoms with van der Waals surface area (Å²) in [4.78, 5) is 10.8. The highest BCUT2D eigenvalue weighted by molar-refractivity contribution is 9.10. The molecule has 6 heteroatoms. The van der Waals surface area contributed by atoms with Crippen LogP contribution < -0.4 is 10.1 Å². The van der Waals surface area contributed by atoms with Gasteiger partial charge in [-0.05, 0) is 52.3 Å². The molecule has 0 fully saturated rings. The van der Waals surface area contributed by atoms with Crippen molar-refractivity contribution >= 4 is 39.2 Å². The van der Waals surface area contributed by atoms with Crippen molar-refractivity contribution in [1.82, 2.24) is 0 Å². The van der Waals surface area contributed by atoms with Crippen LogP contribution >= 0.6 is 27.5 Å². The van der Waals surface area contributed by atoms with Crippen molar-refractivity contribution in [2.24, 2.45) is 0 Å². The van der Waals surface area contributed by atoms with Gasteiger partial charge < -0.3 is 15.2 Å². The van der Waals surface area contributed by atoms with E-state index >= 15 is 0 Å². The average Bonchev–Trinajstić information content (AvgIpc) is 2.47. The van der Waals surface area contributed by atoms with Gasteiger partial charge in [0.25, 0.3) is 0 Å². The lowest BCUT2D eigenvalue weighted by atomic mass is 10.2. The number of benzene rings is 2. The topological polar surface area (TPSA) is 58.6 Å². The van der Waals surface area contributed by atoms with Gasteiger partial charge >= 0.3 is 5.97 Å². The fourth-order valence-corrected chi connectivity index (χ4v) is 2.12. The van der Waals surface area contributed by atoms with E-state index < -0.39 is 5.97 Å². The van der Waals surface area contributed by atoms with Crippen molar-refractivity contribution in [1.29, 1.82) is 0 Å². The summed E-state index contributed by atoms with van der Waals surface area (Å²) in [6, 6.07) is 12.0. The number of nitrogens with one attached hydrogen (secondary N) is 1. The first-order valence-corrected chi connectivity index (χ1v) is 7.38. The molecule has 2 N–H and O–H groups in total. The first-order chi connectivity index (χ1) is 10.1. The lowest BCUT2D eigenvalue weighted by Crippen LogP contribution is -2.11. The van der Waals surface area contributed by atoms with Crippen LogP contribution in [0.25, 0.3) is 0 Å². The number of hydrogen-bond acceptors (Lipinski definition) is 3. The third-order valence-corrected chi connectivity index (χ3v) is 3.93. The molecule has 21 heavy (non-hydrogen) atoms. The van der Waals surface area contributed by atoms with Crippen molar-refractivity contribution in [2.45, 2.75) is 0 Å². The summed E-state index contributed by atoms with van der Waals surface area (Å²) in [6.07, 6.45) is 0. The molecule has 0 radical (unpaired) electrons. The number of ether oxygens (including phenoxy) is 1. The largest absolute Gasteiger partial charge is 0.492 e. The molecule has 0 heterocycles. The third-order valence-electron chi connectivity index (χ3n) is 2.70. The Hall–Kier alpha value is -1.72. The molecule has 0 aliphatic carbocycles. The fourth-order valence-electron chi connectivity index (χ4n) is 1.69. The van der Waals surface area contributed by atoms with Gasteiger partial charge in [0.1, 0.15) is 12.4 Å². The van der Waals surface area contributed by atoms with Crippen molar-refractivity contribution in [2.75, 3.05) is 18.5 Å². The zero-order valence-electron chi connectivity index (χ0n) is 11.0. The second kappa shape index (κ2) is 7.33. The van der Waals surface area contributed by atoms with Crippen LogP contribution in [0.3, 0.4) is 0 Å². The maximum atomic E-state index is 10.8. The SMILES string of the molecule is O=C(O)c1cccc(OCCNc2ccc(Br)c(Cl)c2)c1. The van der Waals surface area contributed by atoms with Crippen LogP contribution in [0, 0.1) is 0 Å². The van der Waals surface area contributed by atoms with Gasteiger partial charge in [0, 0.05) is 16.7 Å². The van der Waals surface area contributed by atoms with Crippen LogP contribution in [-0.2, 0) is 0 Å². The Bertz CT molecular complexity index is 649. The van der Waals surface area contributed by atoms with Gasteiger partial charge in [-0.1, -0.05) is 17.7 Å². The third kappa shape index (κ3) is 4.65. The van der Waals surface area contributed by atoms with E-state index in [0.717, 1.165) is 10.2 Å². The van der Waals surface area contributed by atoms with Gasteiger partial charge in [-0.15, -0.1) is 0 Å². The van der Waals surface area contributed by atoms with E-state index in [4.69, 9.17) is 21.4 Å². The summed E-state index contributed by atoms with van der Waals surface area (Å²) in [5.74, 6) is -0.436. The minimum absolute atomic E-state index is 0.208. The summed E-state index contributed by atoms with van der Waals surface area (Å²) >= 11 is 9.32. The number of anilines is 1. The smallest absolute Gasteiger partial charge is 0.335 e. The van der Waals surface area contributed by atoms with E-state index in [1.54, 1.807) is 12.1 Å². The minimum Gasteiger partial charge on any atom is -0.492 e. The van der Waals surface area contributed by atoms with Crippen molar-refractivity contribution in [3.8, 4) is 5.75 Å². The Labute approximate surface area is 135 Å². The van der Waals surface area contributed by atoms with Gasteiger partial charge in [-0.25, -0.2) is 4.79 Å². The Morgan fingerprint density at radius 1 is 1.29 bits per heavy atom. The van der Waals surface area contributed by atoms with Crippen LogP contribution in [-0.4, -0.2) is 24.2 Å². The molecular weight excluding hydrogens is 358 g/mol. The predicted molar refractivity (Wildman–Crippen MR) is 86.5 cm³/mol. The molecule has 4 nitrogen and oxygen atoms in total. The van der Waals surface area contributed by atoms with E-state index in [9.17, 15) is 4.79 Å². The summed E-state index contributed by atoms with van der Waals surface area (Å²) in [7, 11) is 0. The second-order valence-electron chi connectivity index (χ2n) is 4.24. The standard InChI is InChI=1S/C15H13BrClNO3/c16-13-5-4-11(9-14(13)17)18-6-7-21-12-3-1-2-10(8-12)15(19)20/h1-5,8-9,18H,6-7H2,(H,19,20). The number of aromatic carboxylic acids is 1. The maximum absolute atomic E-state index is 10.8. The summed E-state index contributed by atoms with van der Waals surface area (Å²) in [6.45, 7) is 0.992. The molecule has 2 aromatic rings. The molecule has 0 aliphatic heterocycles. The van der Waals surface area contributed by atoms with E-state index in [1.807, 2.05) is 18.2 Å². The Morgan fingerprint density at radius 3 is 2.81 bits per heavy atom. The highest BCUT2D eigenvalue weighted by atomic mass is 79.9. The van der Waals surface area contributed by atoms with Crippen LogP contribution in [0.4, 0.5) is 5.69 Å². The van der Waals surface area contributed by atoms with Crippen LogP contribution in [0.1, 0.15) is 10.4 Å². The first kappa shape index (κ1) is 15.7. The van der Waals surface area contributed by atoms with Gasteiger partial charge in [0.15, 0.2) is 0 Å². The molecule has 0 aliphatic rings. The van der Waals surface area contributed by atoms with Gasteiger partial charge in [-0.2, -0.15) is 0 Å². The highest BCUT2D eigenvalue weighted by Crippen LogP contribution is 2.25. The molecule has 110 valence electrons. The molecule has 0 aromatic heterocycles. The summed E-state index contributed by atoms with van der Waals surface area (Å²) in [5, 5.41) is 12.7. The van der Waals surface area contributed by atoms with Crippen molar-refractivity contribution in [3.05, 3.63) is 57.5 Å². The predicted octanol–water partition coefficient (Wildman–Crippen LogP) is 4.29. The molecule has 0 saturated carbocycles. The van der Waals surface area contributed by atoms with Crippen LogP contribution in [0.2, 0.25) is 5.02 Å². The lowest BCUT2D eigenvalue weighted by molar-refractivity contribution is 0.0696. The Kier molecular flexibility index (Phi) is 5.47. The van der Waals surface area contributed by atoms with Crippen LogP contribution in [0.5, 0.6) is 5.75 Å². The summed E-state index contributed by atoms with van der Waals surface area (Å²) < 4.78 is 6.35. The molecule has 2 aromatic carbocycles. The number of carboxylic acid groups (broad SMARTS) is 1. The Morgan fingerprint density at radius 2 is 2.10 bits per heavy atom. The molecule has 2 rings (SSSR count). The number of carboxylic acids is 1. The number of rotatable bonds is 6. The fraction of sp³-hybridized carbons (Fsp3) is 0.133. The summed E-state index contributed by atoms with van der Waals surface area (Å²) in [5.41, 5.74) is 1.10. The zero-order chi connectivity index (χ0) is 15.2. The Balaban J connectivity index is 1.83. The monoisotopic (exact) mass is 369 g/mol. The molecule has 0 atom stereocenters. The molecule has 0 saturated heterocycles.